The number of aromatic amines is 1. The Morgan fingerprint density at radius 3 is 3.11 bits per heavy atom. The van der Waals surface area contributed by atoms with Crippen LogP contribution in [0.25, 0.3) is 11.0 Å². The average Bonchev–Trinajstić information content (AvgIpc) is 3.35. The molecule has 4 rings (SSSR count). The van der Waals surface area contributed by atoms with Gasteiger partial charge >= 0.3 is 5.97 Å². The molecule has 3 aromatic rings. The van der Waals surface area contributed by atoms with Crippen LogP contribution in [0.1, 0.15) is 49.1 Å². The van der Waals surface area contributed by atoms with Crippen molar-refractivity contribution in [2.75, 3.05) is 20.2 Å². The minimum Gasteiger partial charge on any atom is -0.469 e. The first-order valence-electron chi connectivity index (χ1n) is 9.76. The van der Waals surface area contributed by atoms with Crippen LogP contribution in [0.2, 0.25) is 0 Å². The van der Waals surface area contributed by atoms with Crippen molar-refractivity contribution < 1.29 is 14.1 Å². The molecule has 148 valence electrons. The first-order chi connectivity index (χ1) is 13.7. The highest BCUT2D eigenvalue weighted by Crippen LogP contribution is 2.27. The van der Waals surface area contributed by atoms with Crippen molar-refractivity contribution in [3.05, 3.63) is 41.8 Å². The summed E-state index contributed by atoms with van der Waals surface area (Å²) in [5.41, 5.74) is 2.11. The molecule has 1 aromatic carbocycles. The number of hydrogen-bond acceptors (Lipinski definition) is 7. The van der Waals surface area contributed by atoms with Crippen LogP contribution >= 0.6 is 0 Å². The molecular weight excluding hydrogens is 358 g/mol. The summed E-state index contributed by atoms with van der Waals surface area (Å²) in [5.74, 6) is 2.49. The Labute approximate surface area is 163 Å². The molecule has 1 aliphatic rings. The summed E-state index contributed by atoms with van der Waals surface area (Å²) in [6.07, 6.45) is 3.84. The van der Waals surface area contributed by atoms with Crippen molar-refractivity contribution in [3.8, 4) is 0 Å². The van der Waals surface area contributed by atoms with Gasteiger partial charge in [-0.05, 0) is 37.9 Å². The predicted molar refractivity (Wildman–Crippen MR) is 103 cm³/mol. The largest absolute Gasteiger partial charge is 0.469 e. The summed E-state index contributed by atoms with van der Waals surface area (Å²) in [4.78, 5) is 26.2. The molecule has 0 saturated carbocycles. The first kappa shape index (κ1) is 18.6. The number of piperidine rings is 1. The predicted octanol–water partition coefficient (Wildman–Crippen LogP) is 2.82. The van der Waals surface area contributed by atoms with Crippen LogP contribution < -0.4 is 0 Å². The van der Waals surface area contributed by atoms with Gasteiger partial charge in [0.2, 0.25) is 5.89 Å². The number of aromatic nitrogens is 4. The Morgan fingerprint density at radius 2 is 2.25 bits per heavy atom. The van der Waals surface area contributed by atoms with E-state index in [9.17, 15) is 4.79 Å². The second-order valence-electron chi connectivity index (χ2n) is 7.25. The van der Waals surface area contributed by atoms with Crippen molar-refractivity contribution in [2.45, 2.75) is 44.6 Å². The second kappa shape index (κ2) is 8.52. The van der Waals surface area contributed by atoms with E-state index in [2.05, 4.69) is 30.8 Å². The third-order valence-electron chi connectivity index (χ3n) is 5.17. The lowest BCUT2D eigenvalue weighted by Crippen LogP contribution is -2.34. The summed E-state index contributed by atoms with van der Waals surface area (Å²) in [6.45, 7) is 2.60. The number of H-pyrrole nitrogens is 1. The summed E-state index contributed by atoms with van der Waals surface area (Å²) in [6, 6.07) is 8.14. The van der Waals surface area contributed by atoms with Crippen LogP contribution in [-0.2, 0) is 22.5 Å². The second-order valence-corrected chi connectivity index (χ2v) is 7.25. The van der Waals surface area contributed by atoms with E-state index in [0.29, 0.717) is 43.4 Å². The molecule has 8 heteroatoms. The van der Waals surface area contributed by atoms with Gasteiger partial charge in [0, 0.05) is 25.3 Å². The number of esters is 1. The topological polar surface area (TPSA) is 97.1 Å². The molecule has 0 bridgehead atoms. The lowest BCUT2D eigenvalue weighted by atomic mass is 9.97. The zero-order valence-electron chi connectivity index (χ0n) is 16.1. The number of hydrogen-bond donors (Lipinski definition) is 1. The molecule has 0 spiro atoms. The Balaban J connectivity index is 1.33. The number of carbonyl (C=O) groups excluding carboxylic acids is 1. The van der Waals surface area contributed by atoms with Crippen molar-refractivity contribution in [1.82, 2.24) is 25.0 Å². The quantitative estimate of drug-likeness (QED) is 0.627. The van der Waals surface area contributed by atoms with E-state index >= 15 is 0 Å². The highest BCUT2D eigenvalue weighted by molar-refractivity contribution is 5.74. The van der Waals surface area contributed by atoms with E-state index in [1.165, 1.54) is 7.11 Å². The number of nitrogens with zero attached hydrogens (tertiary/aromatic N) is 4. The van der Waals surface area contributed by atoms with Gasteiger partial charge in [-0.15, -0.1) is 0 Å². The third-order valence-corrected chi connectivity index (χ3v) is 5.17. The molecule has 1 fully saturated rings. The van der Waals surface area contributed by atoms with Crippen molar-refractivity contribution in [1.29, 1.82) is 0 Å². The van der Waals surface area contributed by atoms with Crippen molar-refractivity contribution >= 4 is 17.0 Å². The maximum absolute atomic E-state index is 11.2. The van der Waals surface area contributed by atoms with Gasteiger partial charge in [0.25, 0.3) is 0 Å². The number of rotatable bonds is 7. The number of carbonyl (C=O) groups is 1. The molecule has 1 atom stereocenters. The average molecular weight is 383 g/mol. The lowest BCUT2D eigenvalue weighted by Gasteiger charge is -2.30. The van der Waals surface area contributed by atoms with Crippen LogP contribution in [-0.4, -0.2) is 51.2 Å². The standard InChI is InChI=1S/C20H25N5O3/c1-27-19(26)10-4-9-18-23-17(24-28-18)13-25-11-5-6-14(12-25)20-21-15-7-2-3-8-16(15)22-20/h2-3,7-8,14H,4-6,9-13H2,1H3,(H,21,22)/t14-/m1/s1. The molecule has 3 heterocycles. The van der Waals surface area contributed by atoms with Gasteiger partial charge in [-0.25, -0.2) is 4.98 Å². The molecule has 0 aliphatic carbocycles. The van der Waals surface area contributed by atoms with Crippen molar-refractivity contribution in [3.63, 3.8) is 0 Å². The fraction of sp³-hybridized carbons (Fsp3) is 0.500. The monoisotopic (exact) mass is 383 g/mol. The number of methoxy groups -OCH3 is 1. The number of aryl methyl sites for hydroxylation is 1. The van der Waals surface area contributed by atoms with Crippen LogP contribution in [0.5, 0.6) is 0 Å². The molecule has 8 nitrogen and oxygen atoms in total. The minimum atomic E-state index is -0.218. The minimum absolute atomic E-state index is 0.218. The molecule has 0 unspecified atom stereocenters. The van der Waals surface area contributed by atoms with Crippen LogP contribution in [0, 0.1) is 0 Å². The van der Waals surface area contributed by atoms with E-state index in [1.54, 1.807) is 0 Å². The molecule has 28 heavy (non-hydrogen) atoms. The number of fused-ring (bicyclic) bond motifs is 1. The molecule has 0 amide bonds. The van der Waals surface area contributed by atoms with Gasteiger partial charge in [-0.1, -0.05) is 17.3 Å². The zero-order chi connectivity index (χ0) is 19.3. The summed E-state index contributed by atoms with van der Waals surface area (Å²) < 4.78 is 9.95. The number of imidazole rings is 1. The fourth-order valence-corrected chi connectivity index (χ4v) is 3.73. The van der Waals surface area contributed by atoms with E-state index in [-0.39, 0.29) is 5.97 Å². The third kappa shape index (κ3) is 4.39. The molecule has 1 N–H and O–H groups in total. The molecule has 2 aromatic heterocycles. The Kier molecular flexibility index (Phi) is 5.66. The maximum Gasteiger partial charge on any atom is 0.305 e. The van der Waals surface area contributed by atoms with Gasteiger partial charge < -0.3 is 14.2 Å². The van der Waals surface area contributed by atoms with E-state index in [1.807, 2.05) is 18.2 Å². The summed E-state index contributed by atoms with van der Waals surface area (Å²) >= 11 is 0. The van der Waals surface area contributed by atoms with Crippen LogP contribution in [0.3, 0.4) is 0 Å². The lowest BCUT2D eigenvalue weighted by molar-refractivity contribution is -0.140. The Bertz CT molecular complexity index is 902. The zero-order valence-corrected chi connectivity index (χ0v) is 16.1. The highest BCUT2D eigenvalue weighted by atomic mass is 16.5. The van der Waals surface area contributed by atoms with Gasteiger partial charge in [0.1, 0.15) is 5.82 Å². The van der Waals surface area contributed by atoms with Crippen LogP contribution in [0.15, 0.2) is 28.8 Å². The van der Waals surface area contributed by atoms with Gasteiger partial charge in [-0.3, -0.25) is 9.69 Å². The number of likely N-dealkylation sites (tertiary alicyclic amines) is 1. The molecule has 1 aliphatic heterocycles. The fourth-order valence-electron chi connectivity index (χ4n) is 3.73. The number of para-hydroxylation sites is 2. The van der Waals surface area contributed by atoms with E-state index in [0.717, 1.165) is 42.8 Å². The van der Waals surface area contributed by atoms with Crippen molar-refractivity contribution in [2.24, 2.45) is 0 Å². The number of nitrogens with one attached hydrogen (secondary N) is 1. The number of benzene rings is 1. The SMILES string of the molecule is COC(=O)CCCc1nc(CN2CCC[C@@H](c3nc4ccccc4[nH]3)C2)no1. The van der Waals surface area contributed by atoms with Gasteiger partial charge in [0.05, 0.1) is 24.7 Å². The summed E-state index contributed by atoms with van der Waals surface area (Å²) in [7, 11) is 1.39. The van der Waals surface area contributed by atoms with Crippen LogP contribution in [0.4, 0.5) is 0 Å². The number of ether oxygens (including phenoxy) is 1. The Hall–Kier alpha value is -2.74. The van der Waals surface area contributed by atoms with E-state index in [4.69, 9.17) is 9.51 Å². The van der Waals surface area contributed by atoms with Gasteiger partial charge in [-0.2, -0.15) is 4.98 Å². The smallest absolute Gasteiger partial charge is 0.305 e. The normalized spacial score (nSPS) is 17.8. The van der Waals surface area contributed by atoms with Gasteiger partial charge in [0.15, 0.2) is 5.82 Å². The molecule has 0 radical (unpaired) electrons. The molecule has 1 saturated heterocycles. The maximum atomic E-state index is 11.2. The highest BCUT2D eigenvalue weighted by Gasteiger charge is 2.25. The Morgan fingerprint density at radius 1 is 1.36 bits per heavy atom. The van der Waals surface area contributed by atoms with E-state index < -0.39 is 0 Å². The first-order valence-corrected chi connectivity index (χ1v) is 9.76. The summed E-state index contributed by atoms with van der Waals surface area (Å²) in [5, 5.41) is 4.09. The molecular formula is C20H25N5O3.